The Morgan fingerprint density at radius 2 is 2.15 bits per heavy atom. The number of carboxylic acid groups (broad SMARTS) is 1. The molecule has 0 radical (unpaired) electrons. The Morgan fingerprint density at radius 1 is 1.45 bits per heavy atom. The number of nitro benzene ring substituents is 1. The van der Waals surface area contributed by atoms with E-state index in [0.29, 0.717) is 19.4 Å². The summed E-state index contributed by atoms with van der Waals surface area (Å²) in [6, 6.07) is 2.76. The van der Waals surface area contributed by atoms with Gasteiger partial charge < -0.3 is 10.0 Å². The molecule has 0 aliphatic carbocycles. The molecule has 1 aromatic rings. The monoisotopic (exact) mass is 298 g/mol. The van der Waals surface area contributed by atoms with Crippen molar-refractivity contribution < 1.29 is 19.6 Å². The van der Waals surface area contributed by atoms with Crippen LogP contribution in [0.5, 0.6) is 0 Å². The van der Waals surface area contributed by atoms with Gasteiger partial charge in [0.2, 0.25) is 0 Å². The van der Waals surface area contributed by atoms with Crippen LogP contribution in [0, 0.1) is 10.1 Å². The fourth-order valence-electron chi connectivity index (χ4n) is 2.22. The molecule has 2 rings (SSSR count). The Morgan fingerprint density at radius 3 is 2.70 bits per heavy atom. The first-order chi connectivity index (χ1) is 9.41. The number of halogens is 1. The Kier molecular flexibility index (Phi) is 3.89. The topological polar surface area (TPSA) is 101 Å². The number of hydrogen-bond acceptors (Lipinski definition) is 4. The molecule has 7 nitrogen and oxygen atoms in total. The lowest BCUT2D eigenvalue weighted by Gasteiger charge is -2.21. The molecule has 1 aliphatic rings. The highest BCUT2D eigenvalue weighted by molar-refractivity contribution is 6.33. The van der Waals surface area contributed by atoms with Crippen molar-refractivity contribution >= 4 is 29.2 Å². The third-order valence-electron chi connectivity index (χ3n) is 3.19. The second kappa shape index (κ2) is 5.46. The van der Waals surface area contributed by atoms with E-state index in [0.717, 1.165) is 6.07 Å². The fourth-order valence-corrected chi connectivity index (χ4v) is 2.47. The molecule has 0 bridgehead atoms. The molecule has 1 N–H and O–H groups in total. The van der Waals surface area contributed by atoms with Crippen LogP contribution >= 0.6 is 11.6 Å². The SMILES string of the molecule is O=C(O)[C@H]1CCCN1C(=O)c1ccc([N+](=O)[O-])c(Cl)c1. The first kappa shape index (κ1) is 14.3. The van der Waals surface area contributed by atoms with Gasteiger partial charge in [-0.05, 0) is 25.0 Å². The van der Waals surface area contributed by atoms with Crippen molar-refractivity contribution in [1.82, 2.24) is 4.90 Å². The van der Waals surface area contributed by atoms with Gasteiger partial charge in [0.15, 0.2) is 0 Å². The lowest BCUT2D eigenvalue weighted by molar-refractivity contribution is -0.384. The van der Waals surface area contributed by atoms with Crippen LogP contribution in [0.25, 0.3) is 0 Å². The molecule has 1 saturated heterocycles. The van der Waals surface area contributed by atoms with Crippen LogP contribution in [-0.4, -0.2) is 39.4 Å². The van der Waals surface area contributed by atoms with Gasteiger partial charge in [-0.15, -0.1) is 0 Å². The number of hydrogen-bond donors (Lipinski definition) is 1. The maximum Gasteiger partial charge on any atom is 0.326 e. The van der Waals surface area contributed by atoms with Gasteiger partial charge in [-0.25, -0.2) is 4.79 Å². The van der Waals surface area contributed by atoms with E-state index in [1.807, 2.05) is 0 Å². The molecule has 0 aromatic heterocycles. The third kappa shape index (κ3) is 2.57. The second-order valence-corrected chi connectivity index (χ2v) is 4.83. The van der Waals surface area contributed by atoms with Crippen LogP contribution in [0.1, 0.15) is 23.2 Å². The minimum Gasteiger partial charge on any atom is -0.480 e. The highest BCUT2D eigenvalue weighted by Gasteiger charge is 2.34. The van der Waals surface area contributed by atoms with Gasteiger partial charge >= 0.3 is 5.97 Å². The third-order valence-corrected chi connectivity index (χ3v) is 3.49. The van der Waals surface area contributed by atoms with E-state index in [1.165, 1.54) is 17.0 Å². The molecule has 106 valence electrons. The Bertz CT molecular complexity index is 589. The van der Waals surface area contributed by atoms with E-state index in [1.54, 1.807) is 0 Å². The van der Waals surface area contributed by atoms with E-state index >= 15 is 0 Å². The molecule has 1 atom stereocenters. The molecule has 0 unspecified atom stereocenters. The molecule has 1 heterocycles. The summed E-state index contributed by atoms with van der Waals surface area (Å²) in [6.07, 6.45) is 1.02. The van der Waals surface area contributed by atoms with Gasteiger partial charge in [0.25, 0.3) is 11.6 Å². The summed E-state index contributed by atoms with van der Waals surface area (Å²) in [7, 11) is 0. The number of likely N-dealkylation sites (tertiary alicyclic amines) is 1. The number of carbonyl (C=O) groups is 2. The molecule has 0 saturated carbocycles. The molecular formula is C12H11ClN2O5. The second-order valence-electron chi connectivity index (χ2n) is 4.42. The van der Waals surface area contributed by atoms with Crippen molar-refractivity contribution in [2.45, 2.75) is 18.9 Å². The summed E-state index contributed by atoms with van der Waals surface area (Å²) in [5, 5.41) is 19.5. The average Bonchev–Trinajstić information content (AvgIpc) is 2.86. The zero-order valence-electron chi connectivity index (χ0n) is 10.3. The minimum atomic E-state index is -1.05. The van der Waals surface area contributed by atoms with Crippen molar-refractivity contribution in [2.24, 2.45) is 0 Å². The van der Waals surface area contributed by atoms with Crippen molar-refractivity contribution in [3.63, 3.8) is 0 Å². The van der Waals surface area contributed by atoms with Gasteiger partial charge in [0.05, 0.1) is 4.92 Å². The molecule has 8 heteroatoms. The predicted molar refractivity (Wildman–Crippen MR) is 69.8 cm³/mol. The summed E-state index contributed by atoms with van der Waals surface area (Å²) in [5.74, 6) is -1.53. The Balaban J connectivity index is 2.27. The van der Waals surface area contributed by atoms with Crippen LogP contribution in [0.4, 0.5) is 5.69 Å². The van der Waals surface area contributed by atoms with Gasteiger partial charge in [-0.3, -0.25) is 14.9 Å². The van der Waals surface area contributed by atoms with Gasteiger partial charge in [0.1, 0.15) is 11.1 Å². The number of amides is 1. The summed E-state index contributed by atoms with van der Waals surface area (Å²) in [5.41, 5.74) is -0.145. The molecule has 20 heavy (non-hydrogen) atoms. The quantitative estimate of drug-likeness (QED) is 0.679. The summed E-state index contributed by atoms with van der Waals surface area (Å²) < 4.78 is 0. The zero-order chi connectivity index (χ0) is 14.9. The minimum absolute atomic E-state index is 0.146. The standard InChI is InChI=1S/C12H11ClN2O5/c13-8-6-7(3-4-9(8)15(19)20)11(16)14-5-1-2-10(14)12(17)18/h3-4,6,10H,1-2,5H2,(H,17,18)/t10-/m1/s1. The summed E-state index contributed by atoms with van der Waals surface area (Å²) >= 11 is 5.75. The van der Waals surface area contributed by atoms with Crippen molar-refractivity contribution in [2.75, 3.05) is 6.54 Å². The number of rotatable bonds is 3. The predicted octanol–water partition coefficient (Wildman–Crippen LogP) is 1.94. The van der Waals surface area contributed by atoms with E-state index in [4.69, 9.17) is 16.7 Å². The van der Waals surface area contributed by atoms with Crippen molar-refractivity contribution in [3.8, 4) is 0 Å². The lowest BCUT2D eigenvalue weighted by atomic mass is 10.1. The largest absolute Gasteiger partial charge is 0.480 e. The molecule has 1 aromatic carbocycles. The van der Waals surface area contributed by atoms with E-state index in [2.05, 4.69) is 0 Å². The van der Waals surface area contributed by atoms with E-state index in [9.17, 15) is 19.7 Å². The van der Waals surface area contributed by atoms with E-state index < -0.39 is 22.8 Å². The molecule has 1 amide bonds. The summed E-state index contributed by atoms with van der Waals surface area (Å²) in [4.78, 5) is 34.5. The number of carbonyl (C=O) groups excluding carboxylic acids is 1. The average molecular weight is 299 g/mol. The number of carboxylic acids is 1. The smallest absolute Gasteiger partial charge is 0.326 e. The first-order valence-corrected chi connectivity index (χ1v) is 6.27. The number of nitro groups is 1. The Labute approximate surface area is 118 Å². The highest BCUT2D eigenvalue weighted by Crippen LogP contribution is 2.27. The lowest BCUT2D eigenvalue weighted by Crippen LogP contribution is -2.40. The van der Waals surface area contributed by atoms with Crippen molar-refractivity contribution in [3.05, 3.63) is 38.9 Å². The highest BCUT2D eigenvalue weighted by atomic mass is 35.5. The maximum atomic E-state index is 12.2. The first-order valence-electron chi connectivity index (χ1n) is 5.89. The van der Waals surface area contributed by atoms with Crippen LogP contribution in [-0.2, 0) is 4.79 Å². The Hall–Kier alpha value is -2.15. The van der Waals surface area contributed by atoms with Gasteiger partial charge in [-0.2, -0.15) is 0 Å². The van der Waals surface area contributed by atoms with Crippen LogP contribution in [0.2, 0.25) is 5.02 Å². The van der Waals surface area contributed by atoms with Crippen molar-refractivity contribution in [1.29, 1.82) is 0 Å². The molecular weight excluding hydrogens is 288 g/mol. The van der Waals surface area contributed by atoms with Crippen LogP contribution in [0.15, 0.2) is 18.2 Å². The maximum absolute atomic E-state index is 12.2. The van der Waals surface area contributed by atoms with E-state index in [-0.39, 0.29) is 16.3 Å². The molecule has 1 fully saturated rings. The summed E-state index contributed by atoms with van der Waals surface area (Å²) in [6.45, 7) is 0.352. The van der Waals surface area contributed by atoms with Gasteiger partial charge in [0, 0.05) is 18.2 Å². The molecule has 1 aliphatic heterocycles. The fraction of sp³-hybridized carbons (Fsp3) is 0.333. The van der Waals surface area contributed by atoms with Crippen LogP contribution < -0.4 is 0 Å². The number of nitrogens with zero attached hydrogens (tertiary/aromatic N) is 2. The zero-order valence-corrected chi connectivity index (χ0v) is 11.0. The van der Waals surface area contributed by atoms with Crippen LogP contribution in [0.3, 0.4) is 0 Å². The number of aliphatic carboxylic acids is 1. The number of benzene rings is 1. The molecule has 0 spiro atoms. The normalized spacial score (nSPS) is 18.1. The van der Waals surface area contributed by atoms with Gasteiger partial charge in [-0.1, -0.05) is 11.6 Å².